The average Bonchev–Trinajstić information content (AvgIpc) is 2.87. The maximum Gasteiger partial charge on any atom is 0.182 e. The molecule has 0 saturated heterocycles. The van der Waals surface area contributed by atoms with Gasteiger partial charge in [0.1, 0.15) is 5.69 Å². The van der Waals surface area contributed by atoms with Gasteiger partial charge < -0.3 is 10.2 Å². The van der Waals surface area contributed by atoms with Crippen molar-refractivity contribution in [2.45, 2.75) is 6.92 Å². The quantitative estimate of drug-likeness (QED) is 0.641. The van der Waals surface area contributed by atoms with Crippen molar-refractivity contribution in [3.63, 3.8) is 0 Å². The van der Waals surface area contributed by atoms with Crippen LogP contribution >= 0.6 is 0 Å². The lowest BCUT2D eigenvalue weighted by Crippen LogP contribution is -1.92. The van der Waals surface area contributed by atoms with E-state index in [1.165, 1.54) is 6.39 Å². The first kappa shape index (κ1) is 8.90. The number of nitrogen functional groups attached to an aromatic ring is 1. The van der Waals surface area contributed by atoms with Crippen molar-refractivity contribution in [2.24, 2.45) is 0 Å². The Balaban J connectivity index is 2.32. The highest BCUT2D eigenvalue weighted by atomic mass is 16.3. The van der Waals surface area contributed by atoms with E-state index in [-0.39, 0.29) is 0 Å². The van der Waals surface area contributed by atoms with Gasteiger partial charge in [-0.3, -0.25) is 5.10 Å². The van der Waals surface area contributed by atoms with Crippen LogP contribution in [0.15, 0.2) is 23.1 Å². The number of oxazole rings is 1. The van der Waals surface area contributed by atoms with E-state index >= 15 is 0 Å². The van der Waals surface area contributed by atoms with Crippen molar-refractivity contribution in [3.8, 4) is 11.5 Å². The van der Waals surface area contributed by atoms with Gasteiger partial charge in [-0.15, -0.1) is 0 Å². The smallest absolute Gasteiger partial charge is 0.182 e. The standard InChI is InChI=1S/C10H9N5O/c1-5-7(11)2-6-9(8-3-12-4-16-8)14-15-10(6)13-5/h2-4H,11H2,1H3,(H,13,14,15). The molecular formula is C10H9N5O. The van der Waals surface area contributed by atoms with Crippen LogP contribution in [0.4, 0.5) is 5.69 Å². The largest absolute Gasteiger partial charge is 0.442 e. The van der Waals surface area contributed by atoms with Crippen molar-refractivity contribution in [2.75, 3.05) is 5.73 Å². The second-order valence-corrected chi connectivity index (χ2v) is 3.50. The van der Waals surface area contributed by atoms with Crippen LogP contribution in [-0.4, -0.2) is 20.2 Å². The third-order valence-corrected chi connectivity index (χ3v) is 2.45. The minimum Gasteiger partial charge on any atom is -0.442 e. The van der Waals surface area contributed by atoms with Gasteiger partial charge in [-0.05, 0) is 13.0 Å². The lowest BCUT2D eigenvalue weighted by Gasteiger charge is -1.98. The number of nitrogens with zero attached hydrogens (tertiary/aromatic N) is 3. The lowest BCUT2D eigenvalue weighted by atomic mass is 10.2. The Hall–Kier alpha value is -2.37. The number of aromatic amines is 1. The van der Waals surface area contributed by atoms with Crippen LogP contribution in [0.25, 0.3) is 22.5 Å². The number of pyridine rings is 1. The molecule has 0 bridgehead atoms. The van der Waals surface area contributed by atoms with Gasteiger partial charge in [0.2, 0.25) is 0 Å². The van der Waals surface area contributed by atoms with Crippen molar-refractivity contribution in [3.05, 3.63) is 24.4 Å². The molecule has 0 aliphatic rings. The summed E-state index contributed by atoms with van der Waals surface area (Å²) in [6.45, 7) is 1.84. The van der Waals surface area contributed by atoms with E-state index in [1.807, 2.05) is 13.0 Å². The molecule has 3 rings (SSSR count). The van der Waals surface area contributed by atoms with Crippen LogP contribution < -0.4 is 5.73 Å². The average molecular weight is 215 g/mol. The first-order valence-corrected chi connectivity index (χ1v) is 4.76. The van der Waals surface area contributed by atoms with E-state index in [9.17, 15) is 0 Å². The number of H-pyrrole nitrogens is 1. The topological polar surface area (TPSA) is 93.6 Å². The molecule has 3 N–H and O–H groups in total. The maximum absolute atomic E-state index is 5.82. The first-order chi connectivity index (χ1) is 7.75. The van der Waals surface area contributed by atoms with Gasteiger partial charge in [0.25, 0.3) is 0 Å². The van der Waals surface area contributed by atoms with Crippen molar-refractivity contribution < 1.29 is 4.42 Å². The molecule has 16 heavy (non-hydrogen) atoms. The SMILES string of the molecule is Cc1nc2n[nH]c(-c3cnco3)c2cc1N. The summed E-state index contributed by atoms with van der Waals surface area (Å²) in [5.41, 5.74) is 8.58. The zero-order valence-electron chi connectivity index (χ0n) is 8.56. The van der Waals surface area contributed by atoms with Crippen molar-refractivity contribution in [1.29, 1.82) is 0 Å². The van der Waals surface area contributed by atoms with E-state index in [4.69, 9.17) is 10.2 Å². The van der Waals surface area contributed by atoms with Crippen LogP contribution in [0.5, 0.6) is 0 Å². The molecule has 3 heterocycles. The molecule has 0 atom stereocenters. The molecule has 0 radical (unpaired) electrons. The number of hydrogen-bond donors (Lipinski definition) is 2. The number of fused-ring (bicyclic) bond motifs is 1. The molecule has 6 heteroatoms. The van der Waals surface area contributed by atoms with Gasteiger partial charge in [0, 0.05) is 0 Å². The Morgan fingerprint density at radius 1 is 1.44 bits per heavy atom. The molecule has 0 fully saturated rings. The zero-order valence-corrected chi connectivity index (χ0v) is 8.56. The monoisotopic (exact) mass is 215 g/mol. The van der Waals surface area contributed by atoms with Crippen LogP contribution in [0.2, 0.25) is 0 Å². The minimum atomic E-state index is 0.618. The zero-order chi connectivity index (χ0) is 11.1. The fourth-order valence-electron chi connectivity index (χ4n) is 1.57. The van der Waals surface area contributed by atoms with E-state index in [0.29, 0.717) is 17.1 Å². The number of rotatable bonds is 1. The summed E-state index contributed by atoms with van der Waals surface area (Å²) in [7, 11) is 0. The molecule has 0 saturated carbocycles. The molecule has 6 nitrogen and oxygen atoms in total. The number of aryl methyl sites for hydroxylation is 1. The van der Waals surface area contributed by atoms with Crippen molar-refractivity contribution in [1.82, 2.24) is 20.2 Å². The summed E-state index contributed by atoms with van der Waals surface area (Å²) in [4.78, 5) is 8.14. The van der Waals surface area contributed by atoms with Crippen LogP contribution in [0.3, 0.4) is 0 Å². The molecule has 0 unspecified atom stereocenters. The Morgan fingerprint density at radius 3 is 3.06 bits per heavy atom. The van der Waals surface area contributed by atoms with Gasteiger partial charge in [0.15, 0.2) is 17.8 Å². The second kappa shape index (κ2) is 3.06. The van der Waals surface area contributed by atoms with E-state index < -0.39 is 0 Å². The van der Waals surface area contributed by atoms with E-state index in [0.717, 1.165) is 16.8 Å². The predicted molar refractivity (Wildman–Crippen MR) is 58.5 cm³/mol. The summed E-state index contributed by atoms with van der Waals surface area (Å²) in [6.07, 6.45) is 2.98. The lowest BCUT2D eigenvalue weighted by molar-refractivity contribution is 0.570. The molecule has 3 aromatic rings. The highest BCUT2D eigenvalue weighted by Gasteiger charge is 2.12. The fourth-order valence-corrected chi connectivity index (χ4v) is 1.57. The second-order valence-electron chi connectivity index (χ2n) is 3.50. The van der Waals surface area contributed by atoms with Crippen LogP contribution in [0.1, 0.15) is 5.69 Å². The maximum atomic E-state index is 5.82. The fraction of sp³-hybridized carbons (Fsp3) is 0.100. The highest BCUT2D eigenvalue weighted by molar-refractivity contribution is 5.91. The van der Waals surface area contributed by atoms with E-state index in [1.54, 1.807) is 6.20 Å². The number of anilines is 1. The molecule has 0 aliphatic heterocycles. The predicted octanol–water partition coefficient (Wildman–Crippen LogP) is 1.50. The third-order valence-electron chi connectivity index (χ3n) is 2.45. The number of hydrogen-bond acceptors (Lipinski definition) is 5. The summed E-state index contributed by atoms with van der Waals surface area (Å²) in [5.74, 6) is 0.618. The Kier molecular flexibility index (Phi) is 1.70. The van der Waals surface area contributed by atoms with Crippen LogP contribution in [-0.2, 0) is 0 Å². The molecule has 3 aromatic heterocycles. The Bertz CT molecular complexity index is 641. The van der Waals surface area contributed by atoms with Gasteiger partial charge in [-0.25, -0.2) is 9.97 Å². The van der Waals surface area contributed by atoms with Gasteiger partial charge in [0.05, 0.1) is 23.0 Å². The molecule has 0 aliphatic carbocycles. The normalized spacial score (nSPS) is 11.1. The van der Waals surface area contributed by atoms with Gasteiger partial charge in [-0.2, -0.15) is 5.10 Å². The van der Waals surface area contributed by atoms with Gasteiger partial charge >= 0.3 is 0 Å². The summed E-state index contributed by atoms with van der Waals surface area (Å²) >= 11 is 0. The summed E-state index contributed by atoms with van der Waals surface area (Å²) < 4.78 is 5.21. The van der Waals surface area contributed by atoms with E-state index in [2.05, 4.69) is 20.2 Å². The Labute approximate surface area is 90.5 Å². The number of nitrogens with one attached hydrogen (secondary N) is 1. The third kappa shape index (κ3) is 1.16. The van der Waals surface area contributed by atoms with Crippen LogP contribution in [0, 0.1) is 6.92 Å². The number of aromatic nitrogens is 4. The molecule has 0 aromatic carbocycles. The molecule has 0 spiro atoms. The molecule has 80 valence electrons. The van der Waals surface area contributed by atoms with Gasteiger partial charge in [-0.1, -0.05) is 0 Å². The summed E-state index contributed by atoms with van der Waals surface area (Å²) in [5, 5.41) is 7.80. The molecular weight excluding hydrogens is 206 g/mol. The number of nitrogens with two attached hydrogens (primary N) is 1. The Morgan fingerprint density at radius 2 is 2.31 bits per heavy atom. The highest BCUT2D eigenvalue weighted by Crippen LogP contribution is 2.27. The summed E-state index contributed by atoms with van der Waals surface area (Å²) in [6, 6.07) is 1.83. The minimum absolute atomic E-state index is 0.618. The first-order valence-electron chi connectivity index (χ1n) is 4.76. The molecule has 0 amide bonds. The van der Waals surface area contributed by atoms with Crippen molar-refractivity contribution >= 4 is 16.7 Å².